The fourth-order valence-electron chi connectivity index (χ4n) is 1.46. The Balaban J connectivity index is 2.18. The summed E-state index contributed by atoms with van der Waals surface area (Å²) < 4.78 is 1.50. The fraction of sp³-hybridized carbons (Fsp3) is 0.583. The summed E-state index contributed by atoms with van der Waals surface area (Å²) >= 11 is 0. The summed E-state index contributed by atoms with van der Waals surface area (Å²) in [5.74, 6) is 2.58. The number of nitrogens with zero attached hydrogens (tertiary/aromatic N) is 6. The zero-order valence-corrected chi connectivity index (χ0v) is 12.2. The lowest BCUT2D eigenvalue weighted by atomic mass is 9.98. The second-order valence-electron chi connectivity index (χ2n) is 4.97. The van der Waals surface area contributed by atoms with Gasteiger partial charge in [0.2, 0.25) is 11.9 Å². The highest BCUT2D eigenvalue weighted by Gasteiger charge is 2.10. The molecule has 0 radical (unpaired) electrons. The molecule has 8 heteroatoms. The molecule has 0 aliphatic carbocycles. The fourth-order valence-corrected chi connectivity index (χ4v) is 1.46. The summed E-state index contributed by atoms with van der Waals surface area (Å²) in [4.78, 5) is 16.8. The van der Waals surface area contributed by atoms with Crippen molar-refractivity contribution < 1.29 is 0 Å². The lowest BCUT2D eigenvalue weighted by Crippen LogP contribution is -2.19. The van der Waals surface area contributed by atoms with Gasteiger partial charge in [-0.15, -0.1) is 0 Å². The molecule has 2 heterocycles. The van der Waals surface area contributed by atoms with Crippen molar-refractivity contribution in [1.29, 1.82) is 0 Å². The monoisotopic (exact) mass is 276 g/mol. The van der Waals surface area contributed by atoms with E-state index in [1.807, 2.05) is 0 Å². The van der Waals surface area contributed by atoms with Crippen molar-refractivity contribution in [3.05, 3.63) is 12.7 Å². The highest BCUT2D eigenvalue weighted by Crippen LogP contribution is 2.12. The van der Waals surface area contributed by atoms with Crippen LogP contribution in [-0.4, -0.2) is 43.3 Å². The van der Waals surface area contributed by atoms with E-state index in [0.29, 0.717) is 29.7 Å². The molecule has 2 N–H and O–H groups in total. The van der Waals surface area contributed by atoms with Crippen molar-refractivity contribution >= 4 is 11.9 Å². The van der Waals surface area contributed by atoms with Gasteiger partial charge in [0, 0.05) is 13.6 Å². The Hall–Kier alpha value is -2.25. The molecule has 0 fully saturated rings. The van der Waals surface area contributed by atoms with Crippen LogP contribution in [0.1, 0.15) is 20.8 Å². The van der Waals surface area contributed by atoms with Crippen molar-refractivity contribution in [2.24, 2.45) is 11.8 Å². The van der Waals surface area contributed by atoms with Crippen LogP contribution in [0.2, 0.25) is 0 Å². The minimum absolute atomic E-state index is 0.432. The van der Waals surface area contributed by atoms with Crippen molar-refractivity contribution in [3.63, 3.8) is 0 Å². The first-order valence-electron chi connectivity index (χ1n) is 6.63. The molecule has 2 aromatic rings. The van der Waals surface area contributed by atoms with Crippen LogP contribution in [0, 0.1) is 11.8 Å². The van der Waals surface area contributed by atoms with Crippen LogP contribution in [0.4, 0.5) is 11.9 Å². The van der Waals surface area contributed by atoms with E-state index in [2.05, 4.69) is 56.4 Å². The first-order valence-corrected chi connectivity index (χ1v) is 6.63. The summed E-state index contributed by atoms with van der Waals surface area (Å²) in [7, 11) is 1.76. The van der Waals surface area contributed by atoms with Gasteiger partial charge in [0.15, 0.2) is 0 Å². The molecule has 108 valence electrons. The average Bonchev–Trinajstić information content (AvgIpc) is 2.98. The Bertz CT molecular complexity index is 536. The molecular formula is C12H20N8. The SMILES string of the molecule is CNc1nc(NCC(C)C(C)C)nc(-n2cncn2)n1. The molecule has 0 amide bonds. The van der Waals surface area contributed by atoms with Gasteiger partial charge in [0.05, 0.1) is 0 Å². The third-order valence-electron chi connectivity index (χ3n) is 3.19. The zero-order chi connectivity index (χ0) is 14.5. The van der Waals surface area contributed by atoms with E-state index in [1.165, 1.54) is 11.0 Å². The van der Waals surface area contributed by atoms with Crippen LogP contribution in [0.3, 0.4) is 0 Å². The molecular weight excluding hydrogens is 256 g/mol. The van der Waals surface area contributed by atoms with Gasteiger partial charge < -0.3 is 10.6 Å². The number of anilines is 2. The van der Waals surface area contributed by atoms with Gasteiger partial charge in [-0.1, -0.05) is 20.8 Å². The average molecular weight is 276 g/mol. The van der Waals surface area contributed by atoms with E-state index in [1.54, 1.807) is 13.4 Å². The largest absolute Gasteiger partial charge is 0.357 e. The maximum absolute atomic E-state index is 4.34. The minimum Gasteiger partial charge on any atom is -0.357 e. The number of hydrogen-bond donors (Lipinski definition) is 2. The Morgan fingerprint density at radius 1 is 1.15 bits per heavy atom. The van der Waals surface area contributed by atoms with Gasteiger partial charge in [0.25, 0.3) is 5.95 Å². The molecule has 0 saturated carbocycles. The Morgan fingerprint density at radius 2 is 1.90 bits per heavy atom. The van der Waals surface area contributed by atoms with Crippen LogP contribution in [0.15, 0.2) is 12.7 Å². The van der Waals surface area contributed by atoms with Crippen molar-refractivity contribution in [2.75, 3.05) is 24.2 Å². The van der Waals surface area contributed by atoms with Gasteiger partial charge in [0.1, 0.15) is 12.7 Å². The van der Waals surface area contributed by atoms with E-state index < -0.39 is 0 Å². The highest BCUT2D eigenvalue weighted by molar-refractivity contribution is 5.37. The first-order chi connectivity index (χ1) is 9.60. The molecule has 0 aliphatic rings. The molecule has 1 unspecified atom stereocenters. The van der Waals surface area contributed by atoms with Crippen LogP contribution in [0.5, 0.6) is 0 Å². The summed E-state index contributed by atoms with van der Waals surface area (Å²) in [6, 6.07) is 0. The second kappa shape index (κ2) is 6.27. The first kappa shape index (κ1) is 14.2. The van der Waals surface area contributed by atoms with Gasteiger partial charge in [-0.3, -0.25) is 0 Å². The number of rotatable bonds is 6. The van der Waals surface area contributed by atoms with Gasteiger partial charge in [-0.2, -0.15) is 24.7 Å². The van der Waals surface area contributed by atoms with Crippen LogP contribution < -0.4 is 10.6 Å². The number of hydrogen-bond acceptors (Lipinski definition) is 7. The van der Waals surface area contributed by atoms with Gasteiger partial charge >= 0.3 is 0 Å². The van der Waals surface area contributed by atoms with Gasteiger partial charge in [-0.25, -0.2) is 4.98 Å². The summed E-state index contributed by atoms with van der Waals surface area (Å²) in [6.45, 7) is 7.39. The van der Waals surface area contributed by atoms with Crippen LogP contribution in [0.25, 0.3) is 5.95 Å². The summed E-state index contributed by atoms with van der Waals surface area (Å²) in [5, 5.41) is 10.2. The quantitative estimate of drug-likeness (QED) is 0.818. The van der Waals surface area contributed by atoms with E-state index in [-0.39, 0.29) is 0 Å². The maximum Gasteiger partial charge on any atom is 0.258 e. The molecule has 2 rings (SSSR count). The van der Waals surface area contributed by atoms with Gasteiger partial charge in [-0.05, 0) is 11.8 Å². The predicted molar refractivity (Wildman–Crippen MR) is 76.8 cm³/mol. The molecule has 0 aromatic carbocycles. The van der Waals surface area contributed by atoms with E-state index in [0.717, 1.165) is 6.54 Å². The second-order valence-corrected chi connectivity index (χ2v) is 4.97. The van der Waals surface area contributed by atoms with Crippen molar-refractivity contribution in [3.8, 4) is 5.95 Å². The van der Waals surface area contributed by atoms with E-state index >= 15 is 0 Å². The Kier molecular flexibility index (Phi) is 4.44. The lowest BCUT2D eigenvalue weighted by Gasteiger charge is -2.16. The predicted octanol–water partition coefficient (Wildman–Crippen LogP) is 1.20. The van der Waals surface area contributed by atoms with Crippen molar-refractivity contribution in [2.45, 2.75) is 20.8 Å². The Morgan fingerprint density at radius 3 is 2.50 bits per heavy atom. The standard InChI is InChI=1S/C12H20N8/c1-8(2)9(3)5-15-11-17-10(13-4)18-12(19-11)20-7-14-6-16-20/h6-9H,5H2,1-4H3,(H2,13,15,17,18,19). The molecule has 0 bridgehead atoms. The molecule has 0 saturated heterocycles. The zero-order valence-electron chi connectivity index (χ0n) is 12.2. The molecule has 2 aromatic heterocycles. The van der Waals surface area contributed by atoms with Crippen LogP contribution >= 0.6 is 0 Å². The number of nitrogens with one attached hydrogen (secondary N) is 2. The topological polar surface area (TPSA) is 93.4 Å². The van der Waals surface area contributed by atoms with E-state index in [4.69, 9.17) is 0 Å². The smallest absolute Gasteiger partial charge is 0.258 e. The molecule has 8 nitrogen and oxygen atoms in total. The van der Waals surface area contributed by atoms with E-state index in [9.17, 15) is 0 Å². The molecule has 0 spiro atoms. The lowest BCUT2D eigenvalue weighted by molar-refractivity contribution is 0.439. The molecule has 20 heavy (non-hydrogen) atoms. The highest BCUT2D eigenvalue weighted by atomic mass is 15.4. The molecule has 0 aliphatic heterocycles. The Labute approximate surface area is 118 Å². The maximum atomic E-state index is 4.34. The molecule has 1 atom stereocenters. The summed E-state index contributed by atoms with van der Waals surface area (Å²) in [6.07, 6.45) is 2.99. The third-order valence-corrected chi connectivity index (χ3v) is 3.19. The summed E-state index contributed by atoms with van der Waals surface area (Å²) in [5.41, 5.74) is 0. The van der Waals surface area contributed by atoms with Crippen molar-refractivity contribution in [1.82, 2.24) is 29.7 Å². The number of aromatic nitrogens is 6. The normalized spacial score (nSPS) is 12.4. The van der Waals surface area contributed by atoms with Crippen LogP contribution in [-0.2, 0) is 0 Å². The minimum atomic E-state index is 0.432. The third kappa shape index (κ3) is 3.40.